The Bertz CT molecular complexity index is 936. The summed E-state index contributed by atoms with van der Waals surface area (Å²) in [4.78, 5) is 29.5. The molecule has 1 unspecified atom stereocenters. The number of amides is 2. The monoisotopic (exact) mass is 435 g/mol. The fourth-order valence-electron chi connectivity index (χ4n) is 4.64. The Labute approximate surface area is 190 Å². The van der Waals surface area contributed by atoms with E-state index in [9.17, 15) is 9.59 Å². The van der Waals surface area contributed by atoms with Crippen LogP contribution in [-0.4, -0.2) is 54.4 Å². The number of para-hydroxylation sites is 1. The molecule has 170 valence electrons. The van der Waals surface area contributed by atoms with Crippen molar-refractivity contribution >= 4 is 11.8 Å². The lowest BCUT2D eigenvalue weighted by Crippen LogP contribution is -2.46. The molecule has 0 aliphatic carbocycles. The van der Waals surface area contributed by atoms with E-state index < -0.39 is 0 Å². The SMILES string of the molecule is COc1ccccc1CN1CCC(NC(=O)C2CC(=O)N(Cc3ccc(C)cc3)C2)CC1. The van der Waals surface area contributed by atoms with E-state index >= 15 is 0 Å². The van der Waals surface area contributed by atoms with E-state index in [2.05, 4.69) is 40.5 Å². The second-order valence-corrected chi connectivity index (χ2v) is 9.03. The number of aryl methyl sites for hydroxylation is 1. The van der Waals surface area contributed by atoms with Crippen LogP contribution >= 0.6 is 0 Å². The van der Waals surface area contributed by atoms with Gasteiger partial charge in [0, 0.05) is 50.7 Å². The maximum absolute atomic E-state index is 12.8. The number of rotatable bonds is 7. The highest BCUT2D eigenvalue weighted by Crippen LogP contribution is 2.23. The minimum absolute atomic E-state index is 0.0212. The number of nitrogens with zero attached hydrogens (tertiary/aromatic N) is 2. The first-order chi connectivity index (χ1) is 15.5. The van der Waals surface area contributed by atoms with Gasteiger partial charge in [-0.3, -0.25) is 14.5 Å². The van der Waals surface area contributed by atoms with E-state index in [1.165, 1.54) is 11.1 Å². The van der Waals surface area contributed by atoms with Gasteiger partial charge in [-0.2, -0.15) is 0 Å². The van der Waals surface area contributed by atoms with Gasteiger partial charge in [0.05, 0.1) is 13.0 Å². The third-order valence-corrected chi connectivity index (χ3v) is 6.60. The quantitative estimate of drug-likeness (QED) is 0.726. The summed E-state index contributed by atoms with van der Waals surface area (Å²) in [7, 11) is 1.70. The van der Waals surface area contributed by atoms with Crippen LogP contribution < -0.4 is 10.1 Å². The van der Waals surface area contributed by atoms with Crippen molar-refractivity contribution in [2.24, 2.45) is 5.92 Å². The van der Waals surface area contributed by atoms with Gasteiger partial charge in [-0.25, -0.2) is 0 Å². The van der Waals surface area contributed by atoms with Crippen molar-refractivity contribution in [3.05, 3.63) is 65.2 Å². The Morgan fingerprint density at radius 2 is 1.78 bits per heavy atom. The zero-order valence-electron chi connectivity index (χ0n) is 19.0. The molecule has 6 heteroatoms. The first-order valence-corrected chi connectivity index (χ1v) is 11.5. The van der Waals surface area contributed by atoms with Gasteiger partial charge in [-0.05, 0) is 31.4 Å². The summed E-state index contributed by atoms with van der Waals surface area (Å²) in [5, 5.41) is 3.21. The number of carbonyl (C=O) groups is 2. The van der Waals surface area contributed by atoms with Crippen molar-refractivity contribution in [2.75, 3.05) is 26.7 Å². The Hall–Kier alpha value is -2.86. The molecular weight excluding hydrogens is 402 g/mol. The Balaban J connectivity index is 1.23. The highest BCUT2D eigenvalue weighted by molar-refractivity contribution is 5.89. The fourth-order valence-corrected chi connectivity index (χ4v) is 4.64. The van der Waals surface area contributed by atoms with E-state index in [1.807, 2.05) is 30.0 Å². The molecule has 2 fully saturated rings. The van der Waals surface area contributed by atoms with Crippen molar-refractivity contribution in [3.8, 4) is 5.75 Å². The van der Waals surface area contributed by atoms with Gasteiger partial charge in [0.15, 0.2) is 0 Å². The molecule has 32 heavy (non-hydrogen) atoms. The van der Waals surface area contributed by atoms with Crippen molar-refractivity contribution in [2.45, 2.75) is 45.3 Å². The van der Waals surface area contributed by atoms with E-state index in [-0.39, 0.29) is 23.8 Å². The predicted octanol–water partition coefficient (Wildman–Crippen LogP) is 3.13. The smallest absolute Gasteiger partial charge is 0.225 e. The van der Waals surface area contributed by atoms with Crippen molar-refractivity contribution < 1.29 is 14.3 Å². The minimum Gasteiger partial charge on any atom is -0.496 e. The second kappa shape index (κ2) is 10.2. The van der Waals surface area contributed by atoms with E-state index in [1.54, 1.807) is 7.11 Å². The first-order valence-electron chi connectivity index (χ1n) is 11.5. The van der Waals surface area contributed by atoms with Crippen LogP contribution in [0.5, 0.6) is 5.75 Å². The highest BCUT2D eigenvalue weighted by Gasteiger charge is 2.35. The van der Waals surface area contributed by atoms with Gasteiger partial charge in [-0.1, -0.05) is 48.0 Å². The molecule has 0 spiro atoms. The molecule has 2 heterocycles. The highest BCUT2D eigenvalue weighted by atomic mass is 16.5. The Morgan fingerprint density at radius 3 is 2.50 bits per heavy atom. The van der Waals surface area contributed by atoms with Crippen molar-refractivity contribution in [1.29, 1.82) is 0 Å². The number of methoxy groups -OCH3 is 1. The Kier molecular flexibility index (Phi) is 7.10. The summed E-state index contributed by atoms with van der Waals surface area (Å²) in [5.41, 5.74) is 3.50. The average molecular weight is 436 g/mol. The molecule has 2 aliphatic rings. The molecule has 2 aromatic rings. The van der Waals surface area contributed by atoms with E-state index in [4.69, 9.17) is 4.74 Å². The minimum atomic E-state index is -0.250. The molecule has 4 rings (SSSR count). The summed E-state index contributed by atoms with van der Waals surface area (Å²) < 4.78 is 5.46. The van der Waals surface area contributed by atoms with Crippen LogP contribution in [0.15, 0.2) is 48.5 Å². The molecule has 2 aliphatic heterocycles. The molecule has 2 amide bonds. The topological polar surface area (TPSA) is 61.9 Å². The summed E-state index contributed by atoms with van der Waals surface area (Å²) in [6.07, 6.45) is 2.16. The van der Waals surface area contributed by atoms with Crippen LogP contribution in [0.3, 0.4) is 0 Å². The Morgan fingerprint density at radius 1 is 1.06 bits per heavy atom. The standard InChI is InChI=1S/C26H33N3O3/c1-19-7-9-20(10-8-19)16-29-18-22(15-25(29)30)26(31)27-23-11-13-28(14-12-23)17-21-5-3-4-6-24(21)32-2/h3-10,22-23H,11-18H2,1-2H3,(H,27,31). The normalized spacial score (nSPS) is 19.9. The number of hydrogen-bond donors (Lipinski definition) is 1. The number of carbonyl (C=O) groups excluding carboxylic acids is 2. The summed E-state index contributed by atoms with van der Waals surface area (Å²) in [6.45, 7) is 5.86. The van der Waals surface area contributed by atoms with Gasteiger partial charge in [-0.15, -0.1) is 0 Å². The van der Waals surface area contributed by atoms with Crippen LogP contribution in [0, 0.1) is 12.8 Å². The first kappa shape index (κ1) is 22.3. The van der Waals surface area contributed by atoms with Gasteiger partial charge >= 0.3 is 0 Å². The van der Waals surface area contributed by atoms with Gasteiger partial charge in [0.2, 0.25) is 11.8 Å². The molecule has 0 radical (unpaired) electrons. The van der Waals surface area contributed by atoms with Gasteiger partial charge in [0.25, 0.3) is 0 Å². The third kappa shape index (κ3) is 5.49. The summed E-state index contributed by atoms with van der Waals surface area (Å²) in [6, 6.07) is 16.5. The van der Waals surface area contributed by atoms with E-state index in [0.29, 0.717) is 19.5 Å². The molecule has 0 saturated carbocycles. The van der Waals surface area contributed by atoms with Crippen LogP contribution in [0.2, 0.25) is 0 Å². The van der Waals surface area contributed by atoms with Crippen LogP contribution in [-0.2, 0) is 22.7 Å². The zero-order chi connectivity index (χ0) is 22.5. The lowest BCUT2D eigenvalue weighted by atomic mass is 10.0. The van der Waals surface area contributed by atoms with Crippen molar-refractivity contribution in [1.82, 2.24) is 15.1 Å². The number of ether oxygens (including phenoxy) is 1. The fraction of sp³-hybridized carbons (Fsp3) is 0.462. The number of nitrogens with one attached hydrogen (secondary N) is 1. The number of piperidine rings is 1. The number of benzene rings is 2. The molecule has 0 aromatic heterocycles. The number of hydrogen-bond acceptors (Lipinski definition) is 4. The molecular formula is C26H33N3O3. The predicted molar refractivity (Wildman–Crippen MR) is 124 cm³/mol. The number of likely N-dealkylation sites (tertiary alicyclic amines) is 2. The van der Waals surface area contributed by atoms with Gasteiger partial charge in [0.1, 0.15) is 5.75 Å². The average Bonchev–Trinajstić information content (AvgIpc) is 3.17. The summed E-state index contributed by atoms with van der Waals surface area (Å²) >= 11 is 0. The van der Waals surface area contributed by atoms with Gasteiger partial charge < -0.3 is 15.0 Å². The molecule has 2 aromatic carbocycles. The third-order valence-electron chi connectivity index (χ3n) is 6.60. The molecule has 6 nitrogen and oxygen atoms in total. The molecule has 2 saturated heterocycles. The van der Waals surface area contributed by atoms with Crippen molar-refractivity contribution in [3.63, 3.8) is 0 Å². The summed E-state index contributed by atoms with van der Waals surface area (Å²) in [5.74, 6) is 0.758. The maximum Gasteiger partial charge on any atom is 0.225 e. The largest absolute Gasteiger partial charge is 0.496 e. The molecule has 0 bridgehead atoms. The molecule has 1 N–H and O–H groups in total. The second-order valence-electron chi connectivity index (χ2n) is 9.03. The maximum atomic E-state index is 12.8. The van der Waals surface area contributed by atoms with Crippen LogP contribution in [0.4, 0.5) is 0 Å². The van der Waals surface area contributed by atoms with Crippen LogP contribution in [0.1, 0.15) is 36.0 Å². The lowest BCUT2D eigenvalue weighted by Gasteiger charge is -2.33. The molecule has 1 atom stereocenters. The van der Waals surface area contributed by atoms with Crippen LogP contribution in [0.25, 0.3) is 0 Å². The van der Waals surface area contributed by atoms with E-state index in [0.717, 1.165) is 43.8 Å². The lowest BCUT2D eigenvalue weighted by molar-refractivity contribution is -0.129. The zero-order valence-corrected chi connectivity index (χ0v) is 19.0.